The third-order valence-electron chi connectivity index (χ3n) is 5.04. The van der Waals surface area contributed by atoms with Gasteiger partial charge in [-0.15, -0.1) is 0 Å². The molecule has 4 nitrogen and oxygen atoms in total. The van der Waals surface area contributed by atoms with Gasteiger partial charge in [0.15, 0.2) is 0 Å². The van der Waals surface area contributed by atoms with Gasteiger partial charge in [-0.25, -0.2) is 4.98 Å². The van der Waals surface area contributed by atoms with Crippen LogP contribution in [0.4, 0.5) is 0 Å². The highest BCUT2D eigenvalue weighted by atomic mass is 16.3. The Morgan fingerprint density at radius 1 is 1.41 bits per heavy atom. The van der Waals surface area contributed by atoms with Gasteiger partial charge < -0.3 is 5.32 Å². The van der Waals surface area contributed by atoms with Crippen LogP contribution in [0.3, 0.4) is 0 Å². The molecule has 140 valence electrons. The van der Waals surface area contributed by atoms with Crippen LogP contribution in [0.25, 0.3) is 16.5 Å². The van der Waals surface area contributed by atoms with Crippen LogP contribution in [-0.2, 0) is 0 Å². The fourth-order valence-corrected chi connectivity index (χ4v) is 3.69. The molecule has 0 radical (unpaired) electrons. The van der Waals surface area contributed by atoms with Gasteiger partial charge in [-0.2, -0.15) is 4.91 Å². The minimum absolute atomic E-state index is 0.0768. The van der Waals surface area contributed by atoms with E-state index >= 15 is 0 Å². The molecule has 1 N–H and O–H groups in total. The van der Waals surface area contributed by atoms with Crippen molar-refractivity contribution in [1.82, 2.24) is 10.3 Å². The highest BCUT2D eigenvalue weighted by Crippen LogP contribution is 2.33. The van der Waals surface area contributed by atoms with E-state index in [2.05, 4.69) is 36.1 Å². The molecule has 27 heavy (non-hydrogen) atoms. The quantitative estimate of drug-likeness (QED) is 0.507. The van der Waals surface area contributed by atoms with Crippen molar-refractivity contribution in [3.63, 3.8) is 0 Å². The van der Waals surface area contributed by atoms with Crippen LogP contribution < -0.4 is 5.32 Å². The monoisotopic (exact) mass is 361 g/mol. The van der Waals surface area contributed by atoms with Crippen LogP contribution >= 0.6 is 0 Å². The molecule has 1 aliphatic heterocycles. The molecule has 1 aromatic carbocycles. The van der Waals surface area contributed by atoms with Crippen molar-refractivity contribution < 1.29 is 0 Å². The summed E-state index contributed by atoms with van der Waals surface area (Å²) in [6, 6.07) is 9.67. The number of para-hydroxylation sites is 1. The molecule has 0 unspecified atom stereocenters. The largest absolute Gasteiger partial charge is 0.311 e. The van der Waals surface area contributed by atoms with Crippen LogP contribution in [-0.4, -0.2) is 17.6 Å². The SMILES string of the molecule is C=C/C=C(\C=C/CC)c1cc([C@@H](N=O)[C@H]2CCCCN2)c2ccccc2n1. The van der Waals surface area contributed by atoms with Crippen LogP contribution in [0.5, 0.6) is 0 Å². The number of piperidine rings is 1. The molecule has 1 fully saturated rings. The van der Waals surface area contributed by atoms with Crippen molar-refractivity contribution in [2.24, 2.45) is 5.18 Å². The van der Waals surface area contributed by atoms with Gasteiger partial charge in [0, 0.05) is 11.4 Å². The second kappa shape index (κ2) is 9.38. The number of pyridine rings is 1. The van der Waals surface area contributed by atoms with Crippen molar-refractivity contribution in [3.05, 3.63) is 77.4 Å². The normalized spacial score (nSPS) is 19.3. The number of nitroso groups, excluding NO2 is 1. The van der Waals surface area contributed by atoms with Gasteiger partial charge in [-0.05, 0) is 49.1 Å². The zero-order chi connectivity index (χ0) is 19.1. The van der Waals surface area contributed by atoms with Gasteiger partial charge >= 0.3 is 0 Å². The second-order valence-corrected chi connectivity index (χ2v) is 6.89. The number of aromatic nitrogens is 1. The Bertz CT molecular complexity index is 863. The Labute approximate surface area is 161 Å². The maximum absolute atomic E-state index is 11.9. The summed E-state index contributed by atoms with van der Waals surface area (Å²) in [6.45, 7) is 6.86. The number of rotatable bonds is 7. The van der Waals surface area contributed by atoms with Gasteiger partial charge in [-0.1, -0.05) is 67.6 Å². The molecule has 0 amide bonds. The molecule has 1 aliphatic rings. The van der Waals surface area contributed by atoms with Crippen molar-refractivity contribution in [1.29, 1.82) is 0 Å². The summed E-state index contributed by atoms with van der Waals surface area (Å²) in [7, 11) is 0. The topological polar surface area (TPSA) is 54.4 Å². The summed E-state index contributed by atoms with van der Waals surface area (Å²) in [5.41, 5.74) is 3.66. The summed E-state index contributed by atoms with van der Waals surface area (Å²) >= 11 is 0. The Morgan fingerprint density at radius 3 is 2.96 bits per heavy atom. The smallest absolute Gasteiger partial charge is 0.133 e. The van der Waals surface area contributed by atoms with Crippen LogP contribution in [0.1, 0.15) is 49.9 Å². The van der Waals surface area contributed by atoms with Crippen LogP contribution in [0.2, 0.25) is 0 Å². The van der Waals surface area contributed by atoms with E-state index < -0.39 is 6.04 Å². The lowest BCUT2D eigenvalue weighted by molar-refractivity contribution is 0.354. The first-order chi connectivity index (χ1) is 13.3. The van der Waals surface area contributed by atoms with E-state index in [0.717, 1.165) is 60.0 Å². The number of benzene rings is 1. The van der Waals surface area contributed by atoms with Crippen LogP contribution in [0.15, 0.2) is 66.4 Å². The fourth-order valence-electron chi connectivity index (χ4n) is 3.69. The molecule has 0 saturated carbocycles. The lowest BCUT2D eigenvalue weighted by Crippen LogP contribution is -2.38. The Balaban J connectivity index is 2.15. The van der Waals surface area contributed by atoms with E-state index in [9.17, 15) is 4.91 Å². The number of fused-ring (bicyclic) bond motifs is 1. The predicted octanol–water partition coefficient (Wildman–Crippen LogP) is 5.72. The van der Waals surface area contributed by atoms with Crippen molar-refractivity contribution in [3.8, 4) is 0 Å². The van der Waals surface area contributed by atoms with E-state index in [1.54, 1.807) is 6.08 Å². The number of nitrogens with zero attached hydrogens (tertiary/aromatic N) is 2. The standard InChI is InChI=1S/C23H27N3O/c1-3-5-11-17(10-4-2)22-16-19(18-12-6-7-13-20(18)25-22)23(26-27)21-14-8-9-15-24-21/h4-7,10-13,16,21,23-24H,2-3,8-9,14-15H2,1H3/b11-5-,17-10+/t21-,23-/m1/s1. The number of nitrogens with one attached hydrogen (secondary N) is 1. The average molecular weight is 361 g/mol. The van der Waals surface area contributed by atoms with Gasteiger partial charge in [-0.3, -0.25) is 0 Å². The molecule has 0 aliphatic carbocycles. The number of allylic oxidation sites excluding steroid dienone is 5. The Hall–Kier alpha value is -2.59. The Morgan fingerprint density at radius 2 is 2.26 bits per heavy atom. The minimum Gasteiger partial charge on any atom is -0.311 e. The Kier molecular flexibility index (Phi) is 6.66. The molecule has 4 heteroatoms. The zero-order valence-corrected chi connectivity index (χ0v) is 15.9. The van der Waals surface area contributed by atoms with Gasteiger partial charge in [0.1, 0.15) is 6.04 Å². The van der Waals surface area contributed by atoms with Crippen LogP contribution in [0, 0.1) is 4.91 Å². The van der Waals surface area contributed by atoms with Gasteiger partial charge in [0.25, 0.3) is 0 Å². The first-order valence-electron chi connectivity index (χ1n) is 9.73. The molecule has 2 heterocycles. The molecular weight excluding hydrogens is 334 g/mol. The van der Waals surface area contributed by atoms with Crippen molar-refractivity contribution in [2.75, 3.05) is 6.54 Å². The lowest BCUT2D eigenvalue weighted by atomic mass is 9.90. The lowest BCUT2D eigenvalue weighted by Gasteiger charge is -2.28. The summed E-state index contributed by atoms with van der Waals surface area (Å²) in [5, 5.41) is 8.02. The van der Waals surface area contributed by atoms with E-state index in [1.807, 2.05) is 36.4 Å². The number of hydrogen-bond acceptors (Lipinski definition) is 4. The highest BCUT2D eigenvalue weighted by molar-refractivity contribution is 5.86. The van der Waals surface area contributed by atoms with E-state index in [4.69, 9.17) is 4.98 Å². The zero-order valence-electron chi connectivity index (χ0n) is 15.9. The van der Waals surface area contributed by atoms with Crippen molar-refractivity contribution >= 4 is 16.5 Å². The van der Waals surface area contributed by atoms with E-state index in [0.29, 0.717) is 0 Å². The maximum Gasteiger partial charge on any atom is 0.133 e. The highest BCUT2D eigenvalue weighted by Gasteiger charge is 2.28. The molecule has 0 bridgehead atoms. The molecular formula is C23H27N3O. The van der Waals surface area contributed by atoms with Gasteiger partial charge in [0.05, 0.1) is 11.2 Å². The summed E-state index contributed by atoms with van der Waals surface area (Å²) in [5.74, 6) is 0. The maximum atomic E-state index is 11.9. The van der Waals surface area contributed by atoms with E-state index in [-0.39, 0.29) is 6.04 Å². The summed E-state index contributed by atoms with van der Waals surface area (Å²) in [4.78, 5) is 16.7. The average Bonchev–Trinajstić information content (AvgIpc) is 2.72. The molecule has 2 atom stereocenters. The summed E-state index contributed by atoms with van der Waals surface area (Å²) in [6.07, 6.45) is 12.1. The predicted molar refractivity (Wildman–Crippen MR) is 114 cm³/mol. The molecule has 1 aromatic heterocycles. The number of hydrogen-bond donors (Lipinski definition) is 1. The fraction of sp³-hybridized carbons (Fsp3) is 0.348. The van der Waals surface area contributed by atoms with Gasteiger partial charge in [0.2, 0.25) is 0 Å². The van der Waals surface area contributed by atoms with E-state index in [1.165, 1.54) is 0 Å². The van der Waals surface area contributed by atoms with Crippen molar-refractivity contribution in [2.45, 2.75) is 44.7 Å². The molecule has 2 aromatic rings. The molecule has 1 saturated heterocycles. The first-order valence-corrected chi connectivity index (χ1v) is 9.73. The minimum atomic E-state index is -0.419. The third kappa shape index (κ3) is 4.40. The molecule has 0 spiro atoms. The summed E-state index contributed by atoms with van der Waals surface area (Å²) < 4.78 is 0. The molecule has 3 rings (SSSR count). The second-order valence-electron chi connectivity index (χ2n) is 6.89. The first kappa shape index (κ1) is 19.2. The third-order valence-corrected chi connectivity index (χ3v) is 5.04.